The van der Waals surface area contributed by atoms with Crippen LogP contribution in [0.1, 0.15) is 24.7 Å². The Kier molecular flexibility index (Phi) is 4.46. The van der Waals surface area contributed by atoms with Crippen LogP contribution in [0.5, 0.6) is 0 Å². The van der Waals surface area contributed by atoms with Crippen molar-refractivity contribution in [1.29, 1.82) is 0 Å². The van der Waals surface area contributed by atoms with E-state index in [9.17, 15) is 4.79 Å². The van der Waals surface area contributed by atoms with E-state index in [-0.39, 0.29) is 16.5 Å². The highest BCUT2D eigenvalue weighted by molar-refractivity contribution is 6.33. The molecular formula is C18H18ClN5O2. The summed E-state index contributed by atoms with van der Waals surface area (Å²) in [5.41, 5.74) is 1.34. The molecule has 1 aliphatic rings. The Morgan fingerprint density at radius 2 is 1.92 bits per heavy atom. The molecule has 0 N–H and O–H groups in total. The zero-order chi connectivity index (χ0) is 18.1. The van der Waals surface area contributed by atoms with Crippen LogP contribution in [0, 0.1) is 0 Å². The molecule has 26 heavy (non-hydrogen) atoms. The number of anilines is 1. The highest BCUT2D eigenvalue weighted by Gasteiger charge is 2.27. The second kappa shape index (κ2) is 6.92. The van der Waals surface area contributed by atoms with E-state index in [1.54, 1.807) is 13.2 Å². The molecule has 3 aromatic rings. The normalized spacial score (nSPS) is 15.4. The molecule has 0 atom stereocenters. The average Bonchev–Trinajstić information content (AvgIpc) is 3.17. The molecule has 1 fully saturated rings. The van der Waals surface area contributed by atoms with E-state index in [0.717, 1.165) is 31.5 Å². The number of nitrogens with zero attached hydrogens (tertiary/aromatic N) is 5. The molecule has 0 saturated carbocycles. The Labute approximate surface area is 155 Å². The van der Waals surface area contributed by atoms with Crippen molar-refractivity contribution >= 4 is 17.3 Å². The fraction of sp³-hybridized carbons (Fsp3) is 0.333. The Hall–Kier alpha value is -2.67. The number of aryl methyl sites for hydroxylation is 1. The van der Waals surface area contributed by atoms with Gasteiger partial charge in [0.2, 0.25) is 11.7 Å². The molecule has 8 heteroatoms. The van der Waals surface area contributed by atoms with Crippen LogP contribution < -0.4 is 10.5 Å². The van der Waals surface area contributed by atoms with Gasteiger partial charge in [-0.1, -0.05) is 47.1 Å². The van der Waals surface area contributed by atoms with Crippen LogP contribution in [-0.2, 0) is 7.05 Å². The summed E-state index contributed by atoms with van der Waals surface area (Å²) < 4.78 is 6.72. The summed E-state index contributed by atoms with van der Waals surface area (Å²) in [5.74, 6) is 1.48. The molecule has 0 amide bonds. The summed E-state index contributed by atoms with van der Waals surface area (Å²) in [4.78, 5) is 18.6. The van der Waals surface area contributed by atoms with Crippen LogP contribution in [-0.4, -0.2) is 33.0 Å². The van der Waals surface area contributed by atoms with E-state index < -0.39 is 0 Å². The van der Waals surface area contributed by atoms with E-state index >= 15 is 0 Å². The fourth-order valence-electron chi connectivity index (χ4n) is 3.20. The summed E-state index contributed by atoms with van der Waals surface area (Å²) in [6.07, 6.45) is 3.34. The minimum atomic E-state index is -0.282. The SMILES string of the molecule is Cn1ncc(N2CCC(c3nc(-c4ccccc4)no3)CC2)c(Cl)c1=O. The molecule has 0 radical (unpaired) electrons. The molecule has 0 aliphatic carbocycles. The standard InChI is InChI=1S/C18H18ClN5O2/c1-23-18(25)15(19)14(11-20-23)24-9-7-13(8-10-24)17-21-16(22-26-17)12-5-3-2-4-6-12/h2-6,11,13H,7-10H2,1H3. The zero-order valence-electron chi connectivity index (χ0n) is 14.3. The van der Waals surface area contributed by atoms with Gasteiger partial charge < -0.3 is 9.42 Å². The molecule has 0 spiro atoms. The molecule has 2 aromatic heterocycles. The lowest BCUT2D eigenvalue weighted by atomic mass is 9.96. The van der Waals surface area contributed by atoms with E-state index in [0.29, 0.717) is 17.4 Å². The first-order valence-corrected chi connectivity index (χ1v) is 8.87. The lowest BCUT2D eigenvalue weighted by Crippen LogP contribution is -2.35. The third-order valence-corrected chi connectivity index (χ3v) is 5.07. The minimum absolute atomic E-state index is 0.203. The summed E-state index contributed by atoms with van der Waals surface area (Å²) in [7, 11) is 1.59. The van der Waals surface area contributed by atoms with Crippen molar-refractivity contribution in [3.8, 4) is 11.4 Å². The van der Waals surface area contributed by atoms with Gasteiger partial charge >= 0.3 is 0 Å². The topological polar surface area (TPSA) is 77.1 Å². The second-order valence-corrected chi connectivity index (χ2v) is 6.73. The molecular weight excluding hydrogens is 354 g/mol. The smallest absolute Gasteiger partial charge is 0.287 e. The van der Waals surface area contributed by atoms with Gasteiger partial charge in [0.25, 0.3) is 5.56 Å². The van der Waals surface area contributed by atoms with Gasteiger partial charge in [-0.05, 0) is 12.8 Å². The molecule has 1 saturated heterocycles. The van der Waals surface area contributed by atoms with Crippen LogP contribution in [0.4, 0.5) is 5.69 Å². The van der Waals surface area contributed by atoms with Gasteiger partial charge in [0.1, 0.15) is 5.02 Å². The van der Waals surface area contributed by atoms with Gasteiger partial charge in [-0.25, -0.2) is 4.68 Å². The Bertz CT molecular complexity index is 961. The lowest BCUT2D eigenvalue weighted by Gasteiger charge is -2.32. The second-order valence-electron chi connectivity index (χ2n) is 6.36. The van der Waals surface area contributed by atoms with E-state index in [1.165, 1.54) is 4.68 Å². The summed E-state index contributed by atoms with van der Waals surface area (Å²) in [5, 5.41) is 8.38. The van der Waals surface area contributed by atoms with Crippen molar-refractivity contribution in [1.82, 2.24) is 19.9 Å². The number of halogens is 1. The van der Waals surface area contributed by atoms with Crippen LogP contribution in [0.2, 0.25) is 5.02 Å². The molecule has 7 nitrogen and oxygen atoms in total. The monoisotopic (exact) mass is 371 g/mol. The molecule has 4 rings (SSSR count). The number of piperidine rings is 1. The van der Waals surface area contributed by atoms with Crippen LogP contribution in [0.15, 0.2) is 45.8 Å². The first kappa shape index (κ1) is 16.8. The number of rotatable bonds is 3. The van der Waals surface area contributed by atoms with E-state index in [2.05, 4.69) is 20.1 Å². The van der Waals surface area contributed by atoms with Crippen LogP contribution in [0.3, 0.4) is 0 Å². The molecule has 134 valence electrons. The van der Waals surface area contributed by atoms with Crippen molar-refractivity contribution in [2.45, 2.75) is 18.8 Å². The van der Waals surface area contributed by atoms with Gasteiger partial charge in [-0.15, -0.1) is 0 Å². The average molecular weight is 372 g/mol. The summed E-state index contributed by atoms with van der Waals surface area (Å²) >= 11 is 6.20. The molecule has 1 aromatic carbocycles. The maximum atomic E-state index is 12.0. The molecule has 1 aliphatic heterocycles. The Balaban J connectivity index is 1.47. The van der Waals surface area contributed by atoms with Crippen LogP contribution in [0.25, 0.3) is 11.4 Å². The fourth-order valence-corrected chi connectivity index (χ4v) is 3.49. The number of aromatic nitrogens is 4. The molecule has 0 unspecified atom stereocenters. The number of hydrogen-bond donors (Lipinski definition) is 0. The Morgan fingerprint density at radius 3 is 2.65 bits per heavy atom. The van der Waals surface area contributed by atoms with Crippen LogP contribution >= 0.6 is 11.6 Å². The van der Waals surface area contributed by atoms with Crippen molar-refractivity contribution in [3.05, 3.63) is 57.8 Å². The van der Waals surface area contributed by atoms with E-state index in [1.807, 2.05) is 30.3 Å². The van der Waals surface area contributed by atoms with Gasteiger partial charge in [-0.3, -0.25) is 4.79 Å². The van der Waals surface area contributed by atoms with Gasteiger partial charge in [0, 0.05) is 31.6 Å². The minimum Gasteiger partial charge on any atom is -0.369 e. The highest BCUT2D eigenvalue weighted by Crippen LogP contribution is 2.32. The van der Waals surface area contributed by atoms with Crippen molar-refractivity contribution < 1.29 is 4.52 Å². The number of benzene rings is 1. The largest absolute Gasteiger partial charge is 0.369 e. The Morgan fingerprint density at radius 1 is 1.19 bits per heavy atom. The maximum Gasteiger partial charge on any atom is 0.287 e. The molecule has 3 heterocycles. The predicted octanol–water partition coefficient (Wildman–Crippen LogP) is 2.87. The highest BCUT2D eigenvalue weighted by atomic mass is 35.5. The first-order valence-electron chi connectivity index (χ1n) is 8.49. The van der Waals surface area contributed by atoms with Crippen molar-refractivity contribution in [2.75, 3.05) is 18.0 Å². The predicted molar refractivity (Wildman–Crippen MR) is 98.4 cm³/mol. The van der Waals surface area contributed by atoms with Crippen molar-refractivity contribution in [3.63, 3.8) is 0 Å². The third-order valence-electron chi connectivity index (χ3n) is 4.72. The lowest BCUT2D eigenvalue weighted by molar-refractivity contribution is 0.329. The molecule has 0 bridgehead atoms. The zero-order valence-corrected chi connectivity index (χ0v) is 15.1. The summed E-state index contributed by atoms with van der Waals surface area (Å²) in [6, 6.07) is 9.78. The van der Waals surface area contributed by atoms with E-state index in [4.69, 9.17) is 16.1 Å². The first-order chi connectivity index (χ1) is 12.6. The van der Waals surface area contributed by atoms with Gasteiger partial charge in [0.05, 0.1) is 11.9 Å². The number of hydrogen-bond acceptors (Lipinski definition) is 6. The van der Waals surface area contributed by atoms with Gasteiger partial charge in [0.15, 0.2) is 0 Å². The third kappa shape index (κ3) is 3.10. The van der Waals surface area contributed by atoms with Crippen molar-refractivity contribution in [2.24, 2.45) is 7.05 Å². The maximum absolute atomic E-state index is 12.0. The summed E-state index contributed by atoms with van der Waals surface area (Å²) in [6.45, 7) is 1.50. The van der Waals surface area contributed by atoms with Gasteiger partial charge in [-0.2, -0.15) is 10.1 Å². The quantitative estimate of drug-likeness (QED) is 0.704.